The molecule has 0 atom stereocenters. The molecule has 6 nitrogen and oxygen atoms in total. The normalized spacial score (nSPS) is 11.2. The summed E-state index contributed by atoms with van der Waals surface area (Å²) in [4.78, 5) is 8.97. The molecule has 2 N–H and O–H groups in total. The van der Waals surface area contributed by atoms with E-state index < -0.39 is 6.61 Å². The molecule has 9 heteroatoms. The molecular weight excluding hydrogens is 527 g/mol. The summed E-state index contributed by atoms with van der Waals surface area (Å²) in [6.45, 7) is 1.41. The van der Waals surface area contributed by atoms with Crippen molar-refractivity contribution >= 4 is 29.9 Å². The van der Waals surface area contributed by atoms with Gasteiger partial charge in [-0.3, -0.25) is 0 Å². The van der Waals surface area contributed by atoms with Crippen LogP contribution in [0.4, 0.5) is 8.78 Å². The Labute approximate surface area is 204 Å². The Bertz CT molecular complexity index is 966. The fourth-order valence-electron chi connectivity index (χ4n) is 3.14. The van der Waals surface area contributed by atoms with Gasteiger partial charge < -0.3 is 19.9 Å². The average Bonchev–Trinajstić information content (AvgIpc) is 3.20. The van der Waals surface area contributed by atoms with Crippen molar-refractivity contribution in [2.45, 2.75) is 33.0 Å². The molecule has 0 fully saturated rings. The molecule has 0 bridgehead atoms. The van der Waals surface area contributed by atoms with E-state index in [9.17, 15) is 8.78 Å². The molecule has 32 heavy (non-hydrogen) atoms. The minimum atomic E-state index is -2.86. The van der Waals surface area contributed by atoms with E-state index in [-0.39, 0.29) is 36.3 Å². The Balaban J connectivity index is 0.00000363. The Morgan fingerprint density at radius 1 is 1.09 bits per heavy atom. The number of guanidine groups is 1. The number of alkyl halides is 2. The van der Waals surface area contributed by atoms with Gasteiger partial charge in [-0.05, 0) is 18.6 Å². The van der Waals surface area contributed by atoms with Crippen LogP contribution in [0.15, 0.2) is 72.0 Å². The van der Waals surface area contributed by atoms with Crippen LogP contribution in [0.5, 0.6) is 5.75 Å². The molecule has 0 unspecified atom stereocenters. The van der Waals surface area contributed by atoms with Gasteiger partial charge in [0, 0.05) is 44.0 Å². The highest BCUT2D eigenvalue weighted by Crippen LogP contribution is 2.20. The quantitative estimate of drug-likeness (QED) is 0.221. The van der Waals surface area contributed by atoms with Gasteiger partial charge in [-0.2, -0.15) is 8.78 Å². The predicted octanol–water partition coefficient (Wildman–Crippen LogP) is 4.45. The summed E-state index contributed by atoms with van der Waals surface area (Å²) < 4.78 is 31.9. The number of imidazole rings is 1. The van der Waals surface area contributed by atoms with Gasteiger partial charge in [0.05, 0.1) is 6.54 Å². The SMILES string of the molecule is CCNC(=NCc1ccccc1OC(F)F)NCCc1nccn1Cc1ccccc1.I. The number of hydrogen-bond acceptors (Lipinski definition) is 3. The Hall–Kier alpha value is -2.69. The van der Waals surface area contributed by atoms with Gasteiger partial charge in [-0.1, -0.05) is 48.5 Å². The number of para-hydroxylation sites is 1. The Kier molecular flexibility index (Phi) is 10.9. The first-order valence-corrected chi connectivity index (χ1v) is 10.2. The van der Waals surface area contributed by atoms with E-state index in [4.69, 9.17) is 0 Å². The highest BCUT2D eigenvalue weighted by Gasteiger charge is 2.09. The second kappa shape index (κ2) is 13.7. The summed E-state index contributed by atoms with van der Waals surface area (Å²) >= 11 is 0. The van der Waals surface area contributed by atoms with Gasteiger partial charge in [-0.25, -0.2) is 9.98 Å². The maximum absolute atomic E-state index is 12.6. The molecule has 0 aliphatic carbocycles. The first-order chi connectivity index (χ1) is 15.2. The minimum Gasteiger partial charge on any atom is -0.434 e. The topological polar surface area (TPSA) is 63.5 Å². The third kappa shape index (κ3) is 8.10. The molecule has 1 aromatic heterocycles. The standard InChI is InChI=1S/C23H27F2N5O.HI/c1-2-26-23(29-16-19-10-6-7-11-20(19)31-22(24)25)28-13-12-21-27-14-15-30(21)17-18-8-4-3-5-9-18;/h3-11,14-15,22H,2,12-13,16-17H2,1H3,(H2,26,28,29);1H. The van der Waals surface area contributed by atoms with Crippen molar-refractivity contribution in [3.05, 3.63) is 83.9 Å². The molecule has 0 saturated heterocycles. The van der Waals surface area contributed by atoms with Crippen molar-refractivity contribution in [3.8, 4) is 5.75 Å². The molecule has 1 heterocycles. The summed E-state index contributed by atoms with van der Waals surface area (Å²) in [6, 6.07) is 16.9. The van der Waals surface area contributed by atoms with E-state index in [2.05, 4.69) is 42.0 Å². The zero-order chi connectivity index (χ0) is 21.9. The van der Waals surface area contributed by atoms with Crippen molar-refractivity contribution in [2.75, 3.05) is 13.1 Å². The molecule has 3 aromatic rings. The molecule has 0 radical (unpaired) electrons. The lowest BCUT2D eigenvalue weighted by atomic mass is 10.2. The second-order valence-corrected chi connectivity index (χ2v) is 6.82. The second-order valence-electron chi connectivity index (χ2n) is 6.82. The largest absolute Gasteiger partial charge is 0.434 e. The molecular formula is C23H28F2IN5O. The molecule has 3 rings (SSSR count). The lowest BCUT2D eigenvalue weighted by Gasteiger charge is -2.13. The summed E-state index contributed by atoms with van der Waals surface area (Å²) in [5, 5.41) is 6.45. The molecule has 0 saturated carbocycles. The van der Waals surface area contributed by atoms with Crippen LogP contribution in [0, 0.1) is 0 Å². The summed E-state index contributed by atoms with van der Waals surface area (Å²) in [5.74, 6) is 1.72. The third-order valence-corrected chi connectivity index (χ3v) is 4.58. The fourth-order valence-corrected chi connectivity index (χ4v) is 3.14. The molecule has 0 aliphatic heterocycles. The number of benzene rings is 2. The number of halogens is 3. The van der Waals surface area contributed by atoms with Crippen LogP contribution in [0.1, 0.15) is 23.9 Å². The van der Waals surface area contributed by atoms with Crippen LogP contribution >= 0.6 is 24.0 Å². The van der Waals surface area contributed by atoms with Crippen LogP contribution in [0.25, 0.3) is 0 Å². The maximum atomic E-state index is 12.6. The van der Waals surface area contributed by atoms with E-state index in [0.29, 0.717) is 24.6 Å². The van der Waals surface area contributed by atoms with E-state index in [1.165, 1.54) is 11.6 Å². The minimum absolute atomic E-state index is 0. The number of aliphatic imine (C=N–C) groups is 1. The van der Waals surface area contributed by atoms with Crippen molar-refractivity contribution in [2.24, 2.45) is 4.99 Å². The molecule has 0 aliphatic rings. The van der Waals surface area contributed by atoms with Crippen LogP contribution in [-0.2, 0) is 19.5 Å². The van der Waals surface area contributed by atoms with Gasteiger partial charge >= 0.3 is 6.61 Å². The first kappa shape index (κ1) is 25.6. The number of ether oxygens (including phenoxy) is 1. The number of rotatable bonds is 10. The smallest absolute Gasteiger partial charge is 0.387 e. The maximum Gasteiger partial charge on any atom is 0.387 e. The summed E-state index contributed by atoms with van der Waals surface area (Å²) in [7, 11) is 0. The van der Waals surface area contributed by atoms with E-state index in [1.54, 1.807) is 24.4 Å². The van der Waals surface area contributed by atoms with E-state index in [1.807, 2.05) is 31.3 Å². The number of nitrogens with one attached hydrogen (secondary N) is 2. The Morgan fingerprint density at radius 2 is 1.84 bits per heavy atom. The highest BCUT2D eigenvalue weighted by molar-refractivity contribution is 14.0. The third-order valence-electron chi connectivity index (χ3n) is 4.58. The lowest BCUT2D eigenvalue weighted by Crippen LogP contribution is -2.38. The van der Waals surface area contributed by atoms with Crippen molar-refractivity contribution in [1.82, 2.24) is 20.2 Å². The monoisotopic (exact) mass is 555 g/mol. The van der Waals surface area contributed by atoms with Crippen LogP contribution in [-0.4, -0.2) is 35.2 Å². The number of aromatic nitrogens is 2. The summed E-state index contributed by atoms with van der Waals surface area (Å²) in [5.41, 5.74) is 1.81. The van der Waals surface area contributed by atoms with Crippen molar-refractivity contribution in [1.29, 1.82) is 0 Å². The van der Waals surface area contributed by atoms with Gasteiger partial charge in [0.25, 0.3) is 0 Å². The molecule has 0 amide bonds. The fraction of sp³-hybridized carbons (Fsp3) is 0.304. The number of hydrogen-bond donors (Lipinski definition) is 2. The number of nitrogens with zero attached hydrogens (tertiary/aromatic N) is 3. The molecule has 2 aromatic carbocycles. The van der Waals surface area contributed by atoms with Crippen LogP contribution < -0.4 is 15.4 Å². The van der Waals surface area contributed by atoms with Crippen LogP contribution in [0.2, 0.25) is 0 Å². The van der Waals surface area contributed by atoms with Gasteiger partial charge in [0.2, 0.25) is 0 Å². The zero-order valence-electron chi connectivity index (χ0n) is 17.9. The first-order valence-electron chi connectivity index (χ1n) is 10.2. The summed E-state index contributed by atoms with van der Waals surface area (Å²) in [6.07, 6.45) is 4.49. The van der Waals surface area contributed by atoms with Gasteiger partial charge in [0.15, 0.2) is 5.96 Å². The predicted molar refractivity (Wildman–Crippen MR) is 133 cm³/mol. The van der Waals surface area contributed by atoms with Gasteiger partial charge in [0.1, 0.15) is 11.6 Å². The van der Waals surface area contributed by atoms with Gasteiger partial charge in [-0.15, -0.1) is 24.0 Å². The van der Waals surface area contributed by atoms with Crippen molar-refractivity contribution < 1.29 is 13.5 Å². The lowest BCUT2D eigenvalue weighted by molar-refractivity contribution is -0.0504. The van der Waals surface area contributed by atoms with Crippen molar-refractivity contribution in [3.63, 3.8) is 0 Å². The van der Waals surface area contributed by atoms with E-state index in [0.717, 1.165) is 18.8 Å². The average molecular weight is 555 g/mol. The molecule has 0 spiro atoms. The zero-order valence-corrected chi connectivity index (χ0v) is 20.2. The van der Waals surface area contributed by atoms with Crippen LogP contribution in [0.3, 0.4) is 0 Å². The Morgan fingerprint density at radius 3 is 2.59 bits per heavy atom. The highest BCUT2D eigenvalue weighted by atomic mass is 127. The molecule has 172 valence electrons. The van der Waals surface area contributed by atoms with E-state index >= 15 is 0 Å².